The van der Waals surface area contributed by atoms with Crippen LogP contribution in [-0.4, -0.2) is 39.0 Å². The van der Waals surface area contributed by atoms with Crippen LogP contribution in [0.1, 0.15) is 31.4 Å². The third-order valence-electron chi connectivity index (χ3n) is 6.38. The first-order valence-electron chi connectivity index (χ1n) is 11.5. The Hall–Kier alpha value is -2.70. The molecule has 1 aliphatic rings. The van der Waals surface area contributed by atoms with Crippen molar-refractivity contribution in [2.45, 2.75) is 39.8 Å². The number of benzene rings is 2. The van der Waals surface area contributed by atoms with E-state index in [0.717, 1.165) is 52.9 Å². The molecule has 0 bridgehead atoms. The molecular formula is C27H30BrN5. The zero-order valence-corrected chi connectivity index (χ0v) is 21.0. The predicted octanol–water partition coefficient (Wildman–Crippen LogP) is 6.41. The van der Waals surface area contributed by atoms with Gasteiger partial charge in [0.05, 0.1) is 5.69 Å². The average molecular weight is 504 g/mol. The third-order valence-corrected chi connectivity index (χ3v) is 6.88. The van der Waals surface area contributed by atoms with Gasteiger partial charge in [-0.3, -0.25) is 4.90 Å². The fourth-order valence-corrected chi connectivity index (χ4v) is 5.46. The minimum absolute atomic E-state index is 0.225. The van der Waals surface area contributed by atoms with E-state index in [2.05, 4.69) is 105 Å². The monoisotopic (exact) mass is 503 g/mol. The van der Waals surface area contributed by atoms with E-state index in [9.17, 15) is 0 Å². The van der Waals surface area contributed by atoms with Gasteiger partial charge in [-0.2, -0.15) is 0 Å². The van der Waals surface area contributed by atoms with Crippen molar-refractivity contribution in [2.24, 2.45) is 5.41 Å². The Morgan fingerprint density at radius 3 is 2.82 bits per heavy atom. The van der Waals surface area contributed by atoms with Crippen LogP contribution in [0.25, 0.3) is 22.2 Å². The lowest BCUT2D eigenvalue weighted by Gasteiger charge is -2.42. The summed E-state index contributed by atoms with van der Waals surface area (Å²) in [6.07, 6.45) is 5.06. The Morgan fingerprint density at radius 1 is 1.18 bits per heavy atom. The van der Waals surface area contributed by atoms with Gasteiger partial charge in [0.2, 0.25) is 5.95 Å². The van der Waals surface area contributed by atoms with Gasteiger partial charge in [-0.05, 0) is 42.0 Å². The molecule has 3 heterocycles. The van der Waals surface area contributed by atoms with E-state index in [0.29, 0.717) is 12.0 Å². The molecule has 0 unspecified atom stereocenters. The number of piperidine rings is 1. The highest BCUT2D eigenvalue weighted by Crippen LogP contribution is 2.33. The number of H-pyrrole nitrogens is 1. The van der Waals surface area contributed by atoms with Crippen molar-refractivity contribution in [3.05, 3.63) is 76.5 Å². The molecule has 1 fully saturated rings. The summed E-state index contributed by atoms with van der Waals surface area (Å²) in [7, 11) is 0. The summed E-state index contributed by atoms with van der Waals surface area (Å²) in [6, 6.07) is 17.3. The van der Waals surface area contributed by atoms with Crippen molar-refractivity contribution < 1.29 is 0 Å². The lowest BCUT2D eigenvalue weighted by Crippen LogP contribution is -2.49. The van der Waals surface area contributed by atoms with Gasteiger partial charge in [-0.1, -0.05) is 66.2 Å². The second kappa shape index (κ2) is 8.92. The van der Waals surface area contributed by atoms with E-state index < -0.39 is 0 Å². The van der Waals surface area contributed by atoms with Gasteiger partial charge in [0, 0.05) is 59.0 Å². The van der Waals surface area contributed by atoms with Gasteiger partial charge < -0.3 is 10.3 Å². The number of rotatable bonds is 5. The fourth-order valence-electron chi connectivity index (χ4n) is 5.10. The van der Waals surface area contributed by atoms with Gasteiger partial charge in [-0.15, -0.1) is 0 Å². The summed E-state index contributed by atoms with van der Waals surface area (Å²) < 4.78 is 1.06. The van der Waals surface area contributed by atoms with Crippen LogP contribution in [0.2, 0.25) is 0 Å². The number of nitrogens with zero attached hydrogens (tertiary/aromatic N) is 3. The number of aromatic nitrogens is 3. The van der Waals surface area contributed by atoms with Gasteiger partial charge in [0.25, 0.3) is 0 Å². The van der Waals surface area contributed by atoms with E-state index >= 15 is 0 Å². The van der Waals surface area contributed by atoms with Crippen LogP contribution in [0.15, 0.2) is 65.4 Å². The quantitative estimate of drug-likeness (QED) is 0.330. The molecule has 33 heavy (non-hydrogen) atoms. The summed E-state index contributed by atoms with van der Waals surface area (Å²) in [5, 5.41) is 4.82. The molecule has 5 nitrogen and oxygen atoms in total. The number of likely N-dealkylation sites (tertiary alicyclic amines) is 1. The van der Waals surface area contributed by atoms with Gasteiger partial charge in [-0.25, -0.2) is 9.97 Å². The number of aromatic amines is 1. The Labute approximate surface area is 203 Å². The lowest BCUT2D eigenvalue weighted by atomic mass is 9.81. The number of nitrogens with one attached hydrogen (secondary N) is 2. The van der Waals surface area contributed by atoms with Gasteiger partial charge in [0.15, 0.2) is 0 Å². The van der Waals surface area contributed by atoms with Crippen LogP contribution >= 0.6 is 15.9 Å². The molecule has 2 N–H and O–H groups in total. The summed E-state index contributed by atoms with van der Waals surface area (Å²) in [5.74, 6) is 0.699. The Bertz CT molecular complexity index is 1260. The maximum Gasteiger partial charge on any atom is 0.223 e. The highest BCUT2D eigenvalue weighted by atomic mass is 79.9. The first kappa shape index (κ1) is 22.1. The maximum absolute atomic E-state index is 4.97. The molecule has 6 heteroatoms. The summed E-state index contributed by atoms with van der Waals surface area (Å²) in [4.78, 5) is 15.5. The number of halogens is 1. The van der Waals surface area contributed by atoms with Gasteiger partial charge >= 0.3 is 0 Å². The van der Waals surface area contributed by atoms with Crippen molar-refractivity contribution in [1.82, 2.24) is 19.9 Å². The number of hydrogen-bond acceptors (Lipinski definition) is 4. The molecule has 170 valence electrons. The predicted molar refractivity (Wildman–Crippen MR) is 139 cm³/mol. The molecule has 0 amide bonds. The van der Waals surface area contributed by atoms with E-state index in [1.54, 1.807) is 0 Å². The Balaban J connectivity index is 1.38. The van der Waals surface area contributed by atoms with Crippen molar-refractivity contribution in [2.75, 3.05) is 18.4 Å². The van der Waals surface area contributed by atoms with Crippen molar-refractivity contribution >= 4 is 32.8 Å². The molecule has 0 spiro atoms. The van der Waals surface area contributed by atoms with E-state index in [4.69, 9.17) is 4.98 Å². The Morgan fingerprint density at radius 2 is 2.00 bits per heavy atom. The SMILES string of the molecule is Cc1cnc(N[C@@H]2CN(Cc3ccccc3)CC(C)(C)C2)nc1-c1c[nH]c2cc(Br)ccc12. The minimum atomic E-state index is 0.225. The highest BCUT2D eigenvalue weighted by Gasteiger charge is 2.33. The standard InChI is InChI=1S/C27H30BrN5/c1-18-13-30-26(32-25(18)23-14-29-24-11-20(28)9-10-22(23)24)31-21-12-27(2,3)17-33(16-21)15-19-7-5-4-6-8-19/h4-11,13-14,21,29H,12,15-17H2,1-3H3,(H,30,31,32)/t21-/m0/s1. The molecular weight excluding hydrogens is 474 g/mol. The highest BCUT2D eigenvalue weighted by molar-refractivity contribution is 9.10. The van der Waals surface area contributed by atoms with E-state index in [1.165, 1.54) is 10.9 Å². The van der Waals surface area contributed by atoms with Crippen LogP contribution in [0.5, 0.6) is 0 Å². The number of aryl methyl sites for hydroxylation is 1. The molecule has 1 aliphatic heterocycles. The van der Waals surface area contributed by atoms with E-state index in [1.807, 2.05) is 12.4 Å². The summed E-state index contributed by atoms with van der Waals surface area (Å²) >= 11 is 3.55. The summed E-state index contributed by atoms with van der Waals surface area (Å²) in [5.41, 5.74) is 5.82. The molecule has 0 aliphatic carbocycles. The second-order valence-corrected chi connectivity index (χ2v) is 10.9. The van der Waals surface area contributed by atoms with Crippen LogP contribution in [0.4, 0.5) is 5.95 Å². The van der Waals surface area contributed by atoms with Crippen LogP contribution in [0.3, 0.4) is 0 Å². The van der Waals surface area contributed by atoms with Crippen molar-refractivity contribution in [3.63, 3.8) is 0 Å². The first-order valence-corrected chi connectivity index (χ1v) is 12.3. The lowest BCUT2D eigenvalue weighted by molar-refractivity contribution is 0.101. The molecule has 0 radical (unpaired) electrons. The molecule has 1 atom stereocenters. The van der Waals surface area contributed by atoms with Crippen molar-refractivity contribution in [1.29, 1.82) is 0 Å². The van der Waals surface area contributed by atoms with E-state index in [-0.39, 0.29) is 5.41 Å². The maximum atomic E-state index is 4.97. The first-order chi connectivity index (χ1) is 15.9. The third kappa shape index (κ3) is 4.97. The molecule has 2 aromatic heterocycles. The normalized spacial score (nSPS) is 18.5. The summed E-state index contributed by atoms with van der Waals surface area (Å²) in [6.45, 7) is 9.81. The topological polar surface area (TPSA) is 56.8 Å². The minimum Gasteiger partial charge on any atom is -0.360 e. The number of fused-ring (bicyclic) bond motifs is 1. The van der Waals surface area contributed by atoms with Crippen LogP contribution < -0.4 is 5.32 Å². The number of anilines is 1. The molecule has 4 aromatic rings. The largest absolute Gasteiger partial charge is 0.360 e. The van der Waals surface area contributed by atoms with Crippen LogP contribution in [0, 0.1) is 12.3 Å². The van der Waals surface area contributed by atoms with Crippen molar-refractivity contribution in [3.8, 4) is 11.3 Å². The fraction of sp³-hybridized carbons (Fsp3) is 0.333. The zero-order valence-electron chi connectivity index (χ0n) is 19.4. The molecule has 1 saturated heterocycles. The molecule has 5 rings (SSSR count). The van der Waals surface area contributed by atoms with Crippen LogP contribution in [-0.2, 0) is 6.54 Å². The number of hydrogen-bond donors (Lipinski definition) is 2. The second-order valence-electron chi connectivity index (χ2n) is 9.98. The van der Waals surface area contributed by atoms with Gasteiger partial charge in [0.1, 0.15) is 0 Å². The zero-order chi connectivity index (χ0) is 23.0. The Kier molecular flexibility index (Phi) is 5.97. The average Bonchev–Trinajstić information content (AvgIpc) is 3.17. The smallest absolute Gasteiger partial charge is 0.223 e. The molecule has 2 aromatic carbocycles. The molecule has 0 saturated carbocycles.